The zero-order valence-corrected chi connectivity index (χ0v) is 15.5. The second-order valence-electron chi connectivity index (χ2n) is 6.72. The van der Waals surface area contributed by atoms with E-state index in [1.54, 1.807) is 0 Å². The number of aliphatic hydroxyl groups excluding tert-OH is 1. The quantitative estimate of drug-likeness (QED) is 0.656. The third kappa shape index (κ3) is 4.14. The second kappa shape index (κ2) is 7.84. The Kier molecular flexibility index (Phi) is 5.12. The van der Waals surface area contributed by atoms with Crippen molar-refractivity contribution >= 4 is 0 Å². The number of nitrogens with zero attached hydrogens (tertiary/aromatic N) is 2. The van der Waals surface area contributed by atoms with E-state index in [2.05, 4.69) is 5.10 Å². The minimum Gasteiger partial charge on any atom is -0.494 e. The molecule has 2 aromatic carbocycles. The van der Waals surface area contributed by atoms with Gasteiger partial charge in [-0.15, -0.1) is 0 Å². The molecule has 4 rings (SSSR count). The maximum Gasteiger partial charge on any atom is 0.124 e. The second-order valence-corrected chi connectivity index (χ2v) is 6.72. The third-order valence-electron chi connectivity index (χ3n) is 4.54. The summed E-state index contributed by atoms with van der Waals surface area (Å²) in [5.74, 6) is 1.74. The lowest BCUT2D eigenvalue weighted by atomic mass is 10.1. The topological polar surface area (TPSA) is 56.5 Å². The molecule has 0 aliphatic heterocycles. The van der Waals surface area contributed by atoms with E-state index in [1.807, 2.05) is 66.2 Å². The molecule has 1 aliphatic rings. The molecule has 1 N–H and O–H groups in total. The van der Waals surface area contributed by atoms with Crippen molar-refractivity contribution < 1.29 is 14.6 Å². The van der Waals surface area contributed by atoms with Crippen molar-refractivity contribution in [3.05, 3.63) is 65.9 Å². The molecule has 1 fully saturated rings. The van der Waals surface area contributed by atoms with Gasteiger partial charge in [-0.1, -0.05) is 30.3 Å². The van der Waals surface area contributed by atoms with Crippen LogP contribution in [-0.2, 0) is 13.2 Å². The molecule has 0 saturated heterocycles. The Bertz CT molecular complexity index is 915. The molecule has 5 heteroatoms. The number of benzene rings is 2. The van der Waals surface area contributed by atoms with Crippen LogP contribution in [0.1, 0.15) is 31.0 Å². The van der Waals surface area contributed by atoms with E-state index in [0.29, 0.717) is 24.9 Å². The highest BCUT2D eigenvalue weighted by molar-refractivity contribution is 5.62. The largest absolute Gasteiger partial charge is 0.494 e. The minimum absolute atomic E-state index is 0.0919. The molecular weight excluding hydrogens is 340 g/mol. The summed E-state index contributed by atoms with van der Waals surface area (Å²) in [6.45, 7) is 3.07. The van der Waals surface area contributed by atoms with E-state index in [4.69, 9.17) is 9.47 Å². The molecule has 1 saturated carbocycles. The van der Waals surface area contributed by atoms with Crippen LogP contribution in [0, 0.1) is 0 Å². The van der Waals surface area contributed by atoms with Crippen LogP contribution in [-0.4, -0.2) is 27.6 Å². The molecule has 1 aliphatic carbocycles. The molecule has 0 radical (unpaired) electrons. The molecule has 0 atom stereocenters. The monoisotopic (exact) mass is 364 g/mol. The van der Waals surface area contributed by atoms with Gasteiger partial charge in [0.1, 0.15) is 11.5 Å². The summed E-state index contributed by atoms with van der Waals surface area (Å²) in [6.07, 6.45) is 2.62. The average Bonchev–Trinajstić information content (AvgIpc) is 3.41. The number of aromatic nitrogens is 2. The molecule has 27 heavy (non-hydrogen) atoms. The van der Waals surface area contributed by atoms with E-state index in [0.717, 1.165) is 41.2 Å². The van der Waals surface area contributed by atoms with Crippen molar-refractivity contribution in [3.63, 3.8) is 0 Å². The van der Waals surface area contributed by atoms with Crippen molar-refractivity contribution in [3.8, 4) is 22.8 Å². The van der Waals surface area contributed by atoms with E-state index >= 15 is 0 Å². The van der Waals surface area contributed by atoms with Crippen molar-refractivity contribution in [2.75, 3.05) is 6.61 Å². The van der Waals surface area contributed by atoms with Crippen LogP contribution >= 0.6 is 0 Å². The van der Waals surface area contributed by atoms with Gasteiger partial charge in [0, 0.05) is 11.1 Å². The molecule has 5 nitrogen and oxygen atoms in total. The SMILES string of the molecule is CCOc1ccccc1Cn1nc(CO)cc1-c1cccc(OC2CC2)c1. The Labute approximate surface area is 159 Å². The normalized spacial score (nSPS) is 13.6. The molecule has 0 bridgehead atoms. The first-order chi connectivity index (χ1) is 13.3. The van der Waals surface area contributed by atoms with Crippen molar-refractivity contribution in [1.29, 1.82) is 0 Å². The molecule has 140 valence electrons. The highest BCUT2D eigenvalue weighted by Gasteiger charge is 2.23. The van der Waals surface area contributed by atoms with Crippen molar-refractivity contribution in [1.82, 2.24) is 9.78 Å². The molecule has 0 amide bonds. The van der Waals surface area contributed by atoms with E-state index < -0.39 is 0 Å². The Morgan fingerprint density at radius 2 is 1.96 bits per heavy atom. The van der Waals surface area contributed by atoms with Gasteiger partial charge in [-0.05, 0) is 44.0 Å². The van der Waals surface area contributed by atoms with Crippen molar-refractivity contribution in [2.45, 2.75) is 39.0 Å². The number of hydrogen-bond acceptors (Lipinski definition) is 4. The Morgan fingerprint density at radius 1 is 1.11 bits per heavy atom. The fourth-order valence-electron chi connectivity index (χ4n) is 3.10. The molecule has 3 aromatic rings. The number of para-hydroxylation sites is 1. The van der Waals surface area contributed by atoms with Gasteiger partial charge in [0.05, 0.1) is 37.3 Å². The van der Waals surface area contributed by atoms with Crippen LogP contribution in [0.15, 0.2) is 54.6 Å². The molecule has 0 spiro atoms. The predicted octanol–water partition coefficient (Wildman–Crippen LogP) is 4.03. The van der Waals surface area contributed by atoms with Crippen LogP contribution in [0.25, 0.3) is 11.3 Å². The van der Waals surface area contributed by atoms with Gasteiger partial charge in [-0.2, -0.15) is 5.10 Å². The first kappa shape index (κ1) is 17.6. The van der Waals surface area contributed by atoms with Gasteiger partial charge in [-0.25, -0.2) is 0 Å². The smallest absolute Gasteiger partial charge is 0.124 e. The van der Waals surface area contributed by atoms with Gasteiger partial charge in [0.15, 0.2) is 0 Å². The van der Waals surface area contributed by atoms with Crippen LogP contribution in [0.4, 0.5) is 0 Å². The third-order valence-corrected chi connectivity index (χ3v) is 4.54. The average molecular weight is 364 g/mol. The lowest BCUT2D eigenvalue weighted by molar-refractivity contribution is 0.275. The van der Waals surface area contributed by atoms with Gasteiger partial charge >= 0.3 is 0 Å². The first-order valence-electron chi connectivity index (χ1n) is 9.42. The highest BCUT2D eigenvalue weighted by atomic mass is 16.5. The van der Waals surface area contributed by atoms with Crippen LogP contribution < -0.4 is 9.47 Å². The maximum absolute atomic E-state index is 9.58. The number of ether oxygens (including phenoxy) is 2. The molecular formula is C22H24N2O3. The molecule has 1 aromatic heterocycles. The lowest BCUT2D eigenvalue weighted by Gasteiger charge is -2.13. The minimum atomic E-state index is -0.0919. The summed E-state index contributed by atoms with van der Waals surface area (Å²) in [6, 6.07) is 18.0. The first-order valence-corrected chi connectivity index (χ1v) is 9.42. The number of aliphatic hydroxyl groups is 1. The predicted molar refractivity (Wildman–Crippen MR) is 104 cm³/mol. The van der Waals surface area contributed by atoms with Gasteiger partial charge < -0.3 is 14.6 Å². The summed E-state index contributed by atoms with van der Waals surface area (Å²) in [5.41, 5.74) is 3.67. The van der Waals surface area contributed by atoms with Crippen LogP contribution in [0.5, 0.6) is 11.5 Å². The van der Waals surface area contributed by atoms with Gasteiger partial charge in [0.2, 0.25) is 0 Å². The zero-order chi connectivity index (χ0) is 18.6. The van der Waals surface area contributed by atoms with Gasteiger partial charge in [0.25, 0.3) is 0 Å². The standard InChI is InChI=1S/C22H24N2O3/c1-2-26-22-9-4-3-6-17(22)14-24-21(13-18(15-25)23-24)16-7-5-8-20(12-16)27-19-10-11-19/h3-9,12-13,19,25H,2,10-11,14-15H2,1H3. The summed E-state index contributed by atoms with van der Waals surface area (Å²) in [5, 5.41) is 14.2. The highest BCUT2D eigenvalue weighted by Crippen LogP contribution is 2.31. The summed E-state index contributed by atoms with van der Waals surface area (Å²) >= 11 is 0. The maximum atomic E-state index is 9.58. The number of hydrogen-bond donors (Lipinski definition) is 1. The van der Waals surface area contributed by atoms with Crippen LogP contribution in [0.2, 0.25) is 0 Å². The van der Waals surface area contributed by atoms with Gasteiger partial charge in [-0.3, -0.25) is 4.68 Å². The molecule has 0 unspecified atom stereocenters. The van der Waals surface area contributed by atoms with E-state index in [-0.39, 0.29) is 6.61 Å². The summed E-state index contributed by atoms with van der Waals surface area (Å²) in [7, 11) is 0. The summed E-state index contributed by atoms with van der Waals surface area (Å²) < 4.78 is 13.6. The number of rotatable bonds is 8. The Morgan fingerprint density at radius 3 is 2.74 bits per heavy atom. The molecule has 1 heterocycles. The lowest BCUT2D eigenvalue weighted by Crippen LogP contribution is -2.07. The Hall–Kier alpha value is -2.79. The van der Waals surface area contributed by atoms with Crippen molar-refractivity contribution in [2.24, 2.45) is 0 Å². The fourth-order valence-corrected chi connectivity index (χ4v) is 3.10. The Balaban J connectivity index is 1.67. The fraction of sp³-hybridized carbons (Fsp3) is 0.318. The van der Waals surface area contributed by atoms with Crippen LogP contribution in [0.3, 0.4) is 0 Å². The summed E-state index contributed by atoms with van der Waals surface area (Å²) in [4.78, 5) is 0. The zero-order valence-electron chi connectivity index (χ0n) is 15.5. The van der Waals surface area contributed by atoms with E-state index in [1.165, 1.54) is 0 Å². The van der Waals surface area contributed by atoms with E-state index in [9.17, 15) is 5.11 Å².